The van der Waals surface area contributed by atoms with Crippen LogP contribution in [0.25, 0.3) is 0 Å². The van der Waals surface area contributed by atoms with Crippen molar-refractivity contribution < 1.29 is 0 Å². The van der Waals surface area contributed by atoms with Gasteiger partial charge in [-0.25, -0.2) is 0 Å². The maximum Gasteiger partial charge on any atom is 0.156 e. The Hall–Kier alpha value is -1.70. The van der Waals surface area contributed by atoms with Crippen molar-refractivity contribution in [3.8, 4) is 6.07 Å². The Balaban J connectivity index is 1.97. The number of hydrogen-bond acceptors (Lipinski definition) is 4. The van der Waals surface area contributed by atoms with Crippen molar-refractivity contribution in [3.05, 3.63) is 11.6 Å². The van der Waals surface area contributed by atoms with Crippen molar-refractivity contribution in [2.75, 3.05) is 6.54 Å². The minimum Gasteiger partial charge on any atom is -0.314 e. The van der Waals surface area contributed by atoms with Crippen molar-refractivity contribution in [3.63, 3.8) is 0 Å². The van der Waals surface area contributed by atoms with Gasteiger partial charge in [0, 0.05) is 25.2 Å². The summed E-state index contributed by atoms with van der Waals surface area (Å²) < 4.78 is 2.12. The topological polar surface area (TPSA) is 66.9 Å². The summed E-state index contributed by atoms with van der Waals surface area (Å²) in [7, 11) is 0. The van der Waals surface area contributed by atoms with Crippen LogP contribution in [-0.2, 0) is 13.0 Å². The molecule has 2 aliphatic heterocycles. The number of rotatable bonds is 2. The molecule has 88 valence electrons. The van der Waals surface area contributed by atoms with Crippen LogP contribution in [0.1, 0.15) is 43.3 Å². The van der Waals surface area contributed by atoms with Crippen LogP contribution in [0.15, 0.2) is 4.99 Å². The number of aryl methyl sites for hydroxylation is 1. The Labute approximate surface area is 100 Å². The number of aliphatic imine (C=N–C) groups is 1. The average molecular weight is 229 g/mol. The zero-order valence-electron chi connectivity index (χ0n) is 9.76. The Morgan fingerprint density at radius 1 is 1.18 bits per heavy atom. The maximum absolute atomic E-state index is 9.35. The molecule has 1 aromatic heterocycles. The van der Waals surface area contributed by atoms with E-state index in [0.29, 0.717) is 0 Å². The quantitative estimate of drug-likeness (QED) is 0.771. The lowest BCUT2D eigenvalue weighted by Gasteiger charge is -2.16. The second-order valence-electron chi connectivity index (χ2n) is 4.62. The van der Waals surface area contributed by atoms with E-state index < -0.39 is 0 Å². The smallest absolute Gasteiger partial charge is 0.156 e. The molecule has 0 bridgehead atoms. The molecule has 2 aliphatic rings. The van der Waals surface area contributed by atoms with Crippen molar-refractivity contribution in [1.82, 2.24) is 14.8 Å². The fourth-order valence-corrected chi connectivity index (χ4v) is 2.62. The second-order valence-corrected chi connectivity index (χ2v) is 4.62. The van der Waals surface area contributed by atoms with Gasteiger partial charge in [0.15, 0.2) is 5.82 Å². The Morgan fingerprint density at radius 2 is 2.12 bits per heavy atom. The molecule has 17 heavy (non-hydrogen) atoms. The van der Waals surface area contributed by atoms with Crippen LogP contribution < -0.4 is 0 Å². The van der Waals surface area contributed by atoms with Crippen LogP contribution in [0.5, 0.6) is 0 Å². The van der Waals surface area contributed by atoms with E-state index >= 15 is 0 Å². The maximum atomic E-state index is 9.35. The molecule has 5 heteroatoms. The zero-order chi connectivity index (χ0) is 11.7. The van der Waals surface area contributed by atoms with Crippen LogP contribution in [-0.4, -0.2) is 27.0 Å². The van der Waals surface area contributed by atoms with Crippen LogP contribution in [0.4, 0.5) is 0 Å². The second kappa shape index (κ2) is 4.28. The largest absolute Gasteiger partial charge is 0.314 e. The van der Waals surface area contributed by atoms with Gasteiger partial charge in [0.05, 0.1) is 6.07 Å². The summed E-state index contributed by atoms with van der Waals surface area (Å²) in [5.74, 6) is 1.56. The summed E-state index contributed by atoms with van der Waals surface area (Å²) in [6.45, 7) is 1.80. The van der Waals surface area contributed by atoms with Crippen molar-refractivity contribution >= 4 is 5.71 Å². The SMILES string of the molecule is N#C[C@H](C1=NCCC1)c1nnc2n1CCCC2. The van der Waals surface area contributed by atoms with Gasteiger partial charge in [-0.1, -0.05) is 0 Å². The normalized spacial score (nSPS) is 20.5. The van der Waals surface area contributed by atoms with E-state index in [1.165, 1.54) is 6.42 Å². The number of aromatic nitrogens is 3. The third-order valence-electron chi connectivity index (χ3n) is 3.51. The zero-order valence-corrected chi connectivity index (χ0v) is 9.76. The Bertz CT molecular complexity index is 493. The minimum atomic E-state index is -0.281. The van der Waals surface area contributed by atoms with Gasteiger partial charge in [0.25, 0.3) is 0 Å². The predicted octanol–water partition coefficient (Wildman–Crippen LogP) is 1.46. The molecule has 0 aromatic carbocycles. The van der Waals surface area contributed by atoms with Crippen molar-refractivity contribution in [2.24, 2.45) is 4.99 Å². The lowest BCUT2D eigenvalue weighted by molar-refractivity contribution is 0.509. The van der Waals surface area contributed by atoms with E-state index in [-0.39, 0.29) is 5.92 Å². The molecule has 3 rings (SSSR count). The summed E-state index contributed by atoms with van der Waals surface area (Å²) in [4.78, 5) is 4.42. The fraction of sp³-hybridized carbons (Fsp3) is 0.667. The molecular formula is C12H15N5. The number of fused-ring (bicyclic) bond motifs is 1. The summed E-state index contributed by atoms with van der Waals surface area (Å²) in [6, 6.07) is 2.34. The van der Waals surface area contributed by atoms with E-state index in [4.69, 9.17) is 0 Å². The first-order valence-corrected chi connectivity index (χ1v) is 6.25. The highest BCUT2D eigenvalue weighted by Gasteiger charge is 2.27. The molecule has 0 radical (unpaired) electrons. The van der Waals surface area contributed by atoms with E-state index in [1.54, 1.807) is 0 Å². The Morgan fingerprint density at radius 3 is 2.88 bits per heavy atom. The lowest BCUT2D eigenvalue weighted by atomic mass is 10.0. The van der Waals surface area contributed by atoms with Crippen LogP contribution >= 0.6 is 0 Å². The van der Waals surface area contributed by atoms with Gasteiger partial charge in [0.2, 0.25) is 0 Å². The highest BCUT2D eigenvalue weighted by atomic mass is 15.3. The molecule has 1 aromatic rings. The molecule has 0 fully saturated rings. The number of hydrogen-bond donors (Lipinski definition) is 0. The number of nitrogens with zero attached hydrogens (tertiary/aromatic N) is 5. The predicted molar refractivity (Wildman–Crippen MR) is 62.9 cm³/mol. The van der Waals surface area contributed by atoms with Gasteiger partial charge < -0.3 is 4.57 Å². The minimum absolute atomic E-state index is 0.281. The molecule has 0 spiro atoms. The first-order chi connectivity index (χ1) is 8.40. The highest BCUT2D eigenvalue weighted by molar-refractivity contribution is 5.93. The standard InChI is InChI=1S/C12H15N5/c13-8-9(10-4-3-6-14-10)12-16-15-11-5-1-2-7-17(11)12/h9H,1-7H2/t9-/m1/s1. The van der Waals surface area contributed by atoms with E-state index in [2.05, 4.69) is 25.8 Å². The summed E-state index contributed by atoms with van der Waals surface area (Å²) >= 11 is 0. The van der Waals surface area contributed by atoms with E-state index in [9.17, 15) is 5.26 Å². The molecule has 3 heterocycles. The van der Waals surface area contributed by atoms with Gasteiger partial charge in [-0.3, -0.25) is 4.99 Å². The third-order valence-corrected chi connectivity index (χ3v) is 3.51. The van der Waals surface area contributed by atoms with Crippen molar-refractivity contribution in [2.45, 2.75) is 44.6 Å². The molecule has 1 atom stereocenters. The average Bonchev–Trinajstić information content (AvgIpc) is 3.01. The first kappa shape index (κ1) is 10.5. The summed E-state index contributed by atoms with van der Waals surface area (Å²) in [6.07, 6.45) is 5.31. The molecule has 0 N–H and O–H groups in total. The van der Waals surface area contributed by atoms with Gasteiger partial charge in [-0.15, -0.1) is 10.2 Å². The fourth-order valence-electron chi connectivity index (χ4n) is 2.62. The van der Waals surface area contributed by atoms with Gasteiger partial charge in [-0.2, -0.15) is 5.26 Å². The molecule has 0 unspecified atom stereocenters. The van der Waals surface area contributed by atoms with Crippen molar-refractivity contribution in [1.29, 1.82) is 5.26 Å². The molecular weight excluding hydrogens is 214 g/mol. The van der Waals surface area contributed by atoms with E-state index in [0.717, 1.165) is 56.1 Å². The molecule has 0 saturated carbocycles. The van der Waals surface area contributed by atoms with Gasteiger partial charge in [0.1, 0.15) is 11.7 Å². The summed E-state index contributed by atoms with van der Waals surface area (Å²) in [5, 5.41) is 17.8. The molecule has 0 aliphatic carbocycles. The van der Waals surface area contributed by atoms with Crippen LogP contribution in [0.3, 0.4) is 0 Å². The Kier molecular flexibility index (Phi) is 2.63. The third kappa shape index (κ3) is 1.74. The first-order valence-electron chi connectivity index (χ1n) is 6.25. The number of nitriles is 1. The molecule has 0 amide bonds. The van der Waals surface area contributed by atoms with E-state index in [1.807, 2.05) is 0 Å². The monoisotopic (exact) mass is 229 g/mol. The molecule has 0 saturated heterocycles. The van der Waals surface area contributed by atoms with Gasteiger partial charge >= 0.3 is 0 Å². The molecule has 5 nitrogen and oxygen atoms in total. The van der Waals surface area contributed by atoms with Crippen LogP contribution in [0, 0.1) is 11.3 Å². The highest BCUT2D eigenvalue weighted by Crippen LogP contribution is 2.24. The summed E-state index contributed by atoms with van der Waals surface area (Å²) in [5.41, 5.74) is 0.994. The lowest BCUT2D eigenvalue weighted by Crippen LogP contribution is -2.18. The van der Waals surface area contributed by atoms with Gasteiger partial charge in [-0.05, 0) is 25.7 Å². The van der Waals surface area contributed by atoms with Crippen LogP contribution in [0.2, 0.25) is 0 Å².